The number of guanidine groups is 1. The third kappa shape index (κ3) is 6.16. The van der Waals surface area contributed by atoms with Crippen LogP contribution in [0.4, 0.5) is 9.18 Å². The number of aliphatic imine (C=N–C) groups is 1. The molecule has 1 aromatic carbocycles. The molecule has 0 aliphatic carbocycles. The van der Waals surface area contributed by atoms with Gasteiger partial charge >= 0.3 is 6.09 Å². The monoisotopic (exact) mass is 428 g/mol. The minimum atomic E-state index is -0.519. The molecule has 8 heteroatoms. The molecule has 1 unspecified atom stereocenters. The van der Waals surface area contributed by atoms with Gasteiger partial charge in [-0.3, -0.25) is 4.99 Å². The highest BCUT2D eigenvalue weighted by Crippen LogP contribution is 2.16. The second kappa shape index (κ2) is 8.70. The largest absolute Gasteiger partial charge is 0.444 e. The summed E-state index contributed by atoms with van der Waals surface area (Å²) < 4.78 is 19.9. The molecular weight excluding hydrogens is 403 g/mol. The van der Waals surface area contributed by atoms with Crippen LogP contribution in [0.3, 0.4) is 0 Å². The van der Waals surface area contributed by atoms with Gasteiger partial charge in [-0.15, -0.1) is 0 Å². The van der Waals surface area contributed by atoms with Crippen LogP contribution < -0.4 is 10.6 Å². The first kappa shape index (κ1) is 20.5. The number of hydrogen-bond donors (Lipinski definition) is 2. The van der Waals surface area contributed by atoms with Crippen molar-refractivity contribution in [3.05, 3.63) is 34.1 Å². The lowest BCUT2D eigenvalue weighted by Crippen LogP contribution is -2.44. The van der Waals surface area contributed by atoms with E-state index in [1.165, 1.54) is 6.07 Å². The maximum atomic E-state index is 13.9. The van der Waals surface area contributed by atoms with Crippen LogP contribution in [-0.2, 0) is 11.3 Å². The molecule has 0 spiro atoms. The lowest BCUT2D eigenvalue weighted by atomic mass is 10.2. The molecule has 0 aromatic heterocycles. The zero-order valence-corrected chi connectivity index (χ0v) is 17.2. The predicted octanol–water partition coefficient (Wildman–Crippen LogP) is 3.26. The number of benzene rings is 1. The summed E-state index contributed by atoms with van der Waals surface area (Å²) in [6, 6.07) is 4.97. The zero-order valence-electron chi connectivity index (χ0n) is 15.6. The number of ether oxygens (including phenoxy) is 1. The van der Waals surface area contributed by atoms with E-state index in [4.69, 9.17) is 4.74 Å². The van der Waals surface area contributed by atoms with Crippen LogP contribution in [0.5, 0.6) is 0 Å². The summed E-state index contributed by atoms with van der Waals surface area (Å²) in [7, 11) is 1.69. The lowest BCUT2D eigenvalue weighted by molar-refractivity contribution is 0.0507. The van der Waals surface area contributed by atoms with Gasteiger partial charge in [0.1, 0.15) is 11.4 Å². The van der Waals surface area contributed by atoms with Gasteiger partial charge in [0.2, 0.25) is 0 Å². The van der Waals surface area contributed by atoms with Crippen molar-refractivity contribution in [3.63, 3.8) is 0 Å². The van der Waals surface area contributed by atoms with Crippen LogP contribution in [0, 0.1) is 5.82 Å². The number of halogens is 2. The fourth-order valence-electron chi connectivity index (χ4n) is 2.72. The molecular formula is C18H26BrFN4O2. The fourth-order valence-corrected chi connectivity index (χ4v) is 3.05. The molecule has 2 rings (SSSR count). The number of carbonyl (C=O) groups is 1. The van der Waals surface area contributed by atoms with E-state index in [0.29, 0.717) is 29.1 Å². The van der Waals surface area contributed by atoms with Gasteiger partial charge in [-0.2, -0.15) is 0 Å². The number of amides is 1. The van der Waals surface area contributed by atoms with E-state index in [2.05, 4.69) is 31.6 Å². The summed E-state index contributed by atoms with van der Waals surface area (Å²) >= 11 is 3.25. The molecule has 26 heavy (non-hydrogen) atoms. The van der Waals surface area contributed by atoms with Crippen LogP contribution in [0.1, 0.15) is 32.8 Å². The normalized spacial score (nSPS) is 18.0. The summed E-state index contributed by atoms with van der Waals surface area (Å²) in [5, 5.41) is 6.06. The first-order valence-electron chi connectivity index (χ1n) is 8.57. The number of rotatable bonds is 3. The van der Waals surface area contributed by atoms with Gasteiger partial charge in [-0.25, -0.2) is 9.18 Å². The minimum Gasteiger partial charge on any atom is -0.444 e. The second-order valence-corrected chi connectivity index (χ2v) is 8.13. The topological polar surface area (TPSA) is 66.0 Å². The van der Waals surface area contributed by atoms with Gasteiger partial charge in [0.05, 0.1) is 6.04 Å². The van der Waals surface area contributed by atoms with Crippen molar-refractivity contribution in [2.75, 3.05) is 20.1 Å². The Morgan fingerprint density at radius 2 is 2.19 bits per heavy atom. The van der Waals surface area contributed by atoms with Crippen LogP contribution in [0.15, 0.2) is 27.7 Å². The summed E-state index contributed by atoms with van der Waals surface area (Å²) in [6.07, 6.45) is 0.385. The Hall–Kier alpha value is -1.83. The van der Waals surface area contributed by atoms with E-state index >= 15 is 0 Å². The molecule has 0 saturated carbocycles. The van der Waals surface area contributed by atoms with E-state index in [-0.39, 0.29) is 11.9 Å². The standard InChI is InChI=1S/C18H26BrFN4O2/c1-18(2,3)26-17(25)23-14-7-8-24(11-14)16(21-4)22-10-12-5-6-13(19)9-15(12)20/h5-6,9,14H,7-8,10-11H2,1-4H3,(H,21,22)(H,23,25). The maximum absolute atomic E-state index is 13.9. The maximum Gasteiger partial charge on any atom is 0.407 e. The number of nitrogens with one attached hydrogen (secondary N) is 2. The summed E-state index contributed by atoms with van der Waals surface area (Å²) in [6.45, 7) is 7.22. The van der Waals surface area contributed by atoms with Crippen LogP contribution in [-0.4, -0.2) is 48.7 Å². The number of hydrogen-bond acceptors (Lipinski definition) is 3. The highest BCUT2D eigenvalue weighted by Gasteiger charge is 2.27. The average Bonchev–Trinajstić information content (AvgIpc) is 2.96. The van der Waals surface area contributed by atoms with Crippen LogP contribution in [0.25, 0.3) is 0 Å². The molecule has 1 aliphatic heterocycles. The number of carbonyl (C=O) groups excluding carboxylic acids is 1. The Labute approximate surface area is 162 Å². The predicted molar refractivity (Wildman–Crippen MR) is 104 cm³/mol. The van der Waals surface area contributed by atoms with Crippen molar-refractivity contribution in [2.45, 2.75) is 45.4 Å². The Balaban J connectivity index is 1.86. The molecule has 2 N–H and O–H groups in total. The molecule has 144 valence electrons. The molecule has 0 radical (unpaired) electrons. The lowest BCUT2D eigenvalue weighted by Gasteiger charge is -2.23. The minimum absolute atomic E-state index is 0.00665. The molecule has 1 aromatic rings. The highest BCUT2D eigenvalue weighted by atomic mass is 79.9. The van der Waals surface area contributed by atoms with E-state index in [1.54, 1.807) is 19.2 Å². The Morgan fingerprint density at radius 3 is 2.81 bits per heavy atom. The Kier molecular flexibility index (Phi) is 6.86. The van der Waals surface area contributed by atoms with Crippen molar-refractivity contribution in [1.29, 1.82) is 0 Å². The van der Waals surface area contributed by atoms with E-state index in [0.717, 1.165) is 13.0 Å². The van der Waals surface area contributed by atoms with Crippen molar-refractivity contribution in [1.82, 2.24) is 15.5 Å². The van der Waals surface area contributed by atoms with Gasteiger partial charge in [0.15, 0.2) is 5.96 Å². The summed E-state index contributed by atoms with van der Waals surface area (Å²) in [5.41, 5.74) is 0.0475. The SMILES string of the molecule is CN=C(NCc1ccc(Br)cc1F)N1CCC(NC(=O)OC(C)(C)C)C1. The van der Waals surface area contributed by atoms with Gasteiger partial charge < -0.3 is 20.3 Å². The smallest absolute Gasteiger partial charge is 0.407 e. The second-order valence-electron chi connectivity index (χ2n) is 7.21. The van der Waals surface area contributed by atoms with Crippen LogP contribution in [0.2, 0.25) is 0 Å². The van der Waals surface area contributed by atoms with E-state index in [1.807, 2.05) is 25.7 Å². The van der Waals surface area contributed by atoms with Crippen molar-refractivity contribution < 1.29 is 13.9 Å². The van der Waals surface area contributed by atoms with E-state index in [9.17, 15) is 9.18 Å². The van der Waals surface area contributed by atoms with Gasteiger partial charge in [0.25, 0.3) is 0 Å². The van der Waals surface area contributed by atoms with Crippen molar-refractivity contribution in [3.8, 4) is 0 Å². The summed E-state index contributed by atoms with van der Waals surface area (Å²) in [5.74, 6) is 0.411. The number of likely N-dealkylation sites (tertiary alicyclic amines) is 1. The van der Waals surface area contributed by atoms with Crippen molar-refractivity contribution >= 4 is 28.0 Å². The van der Waals surface area contributed by atoms with E-state index < -0.39 is 11.7 Å². The molecule has 1 aliphatic rings. The average molecular weight is 429 g/mol. The fraction of sp³-hybridized carbons (Fsp3) is 0.556. The van der Waals surface area contributed by atoms with Crippen molar-refractivity contribution in [2.24, 2.45) is 4.99 Å². The summed E-state index contributed by atoms with van der Waals surface area (Å²) in [4.78, 5) is 18.2. The highest BCUT2D eigenvalue weighted by molar-refractivity contribution is 9.10. The molecule has 0 bridgehead atoms. The zero-order chi connectivity index (χ0) is 19.3. The van der Waals surface area contributed by atoms with Crippen LogP contribution >= 0.6 is 15.9 Å². The van der Waals surface area contributed by atoms with Gasteiger partial charge in [-0.1, -0.05) is 22.0 Å². The Bertz CT molecular complexity index is 676. The molecule has 6 nitrogen and oxygen atoms in total. The molecule has 1 heterocycles. The molecule has 1 atom stereocenters. The molecule has 1 amide bonds. The quantitative estimate of drug-likeness (QED) is 0.572. The Morgan fingerprint density at radius 1 is 1.46 bits per heavy atom. The number of nitrogens with zero attached hydrogens (tertiary/aromatic N) is 2. The molecule has 1 fully saturated rings. The third-order valence-electron chi connectivity index (χ3n) is 3.87. The first-order chi connectivity index (χ1) is 12.2. The number of alkyl carbamates (subject to hydrolysis) is 1. The van der Waals surface area contributed by atoms with Gasteiger partial charge in [-0.05, 0) is 39.3 Å². The molecule has 1 saturated heterocycles. The third-order valence-corrected chi connectivity index (χ3v) is 4.37. The van der Waals surface area contributed by atoms with Gasteiger partial charge in [0, 0.05) is 36.7 Å². The first-order valence-corrected chi connectivity index (χ1v) is 9.36.